The fourth-order valence-corrected chi connectivity index (χ4v) is 4.53. The van der Waals surface area contributed by atoms with E-state index >= 15 is 0 Å². The summed E-state index contributed by atoms with van der Waals surface area (Å²) >= 11 is 0. The van der Waals surface area contributed by atoms with Crippen LogP contribution >= 0.6 is 0 Å². The van der Waals surface area contributed by atoms with Gasteiger partial charge < -0.3 is 25.4 Å². The van der Waals surface area contributed by atoms with Gasteiger partial charge in [-0.15, -0.1) is 0 Å². The fraction of sp³-hybridized carbons (Fsp3) is 0.243. The molecule has 3 aromatic rings. The van der Waals surface area contributed by atoms with E-state index in [0.29, 0.717) is 24.6 Å². The first-order chi connectivity index (χ1) is 22.8. The van der Waals surface area contributed by atoms with Gasteiger partial charge in [-0.05, 0) is 79.8 Å². The number of rotatable bonds is 9. The van der Waals surface area contributed by atoms with Gasteiger partial charge in [-0.1, -0.05) is 68.6 Å². The molecule has 1 atom stereocenters. The van der Waals surface area contributed by atoms with Gasteiger partial charge in [0.15, 0.2) is 5.88 Å². The highest BCUT2D eigenvalue weighted by atomic mass is 19.4. The molecular formula is C37H41F4N3O4. The number of aliphatic hydroxyl groups is 1. The second-order valence-corrected chi connectivity index (χ2v) is 10.7. The minimum absolute atomic E-state index is 0.00307. The lowest BCUT2D eigenvalue weighted by molar-refractivity contribution is -0.119. The molecular weight excluding hydrogens is 626 g/mol. The Morgan fingerprint density at radius 2 is 1.50 bits per heavy atom. The summed E-state index contributed by atoms with van der Waals surface area (Å²) in [6.07, 6.45) is 0.354. The number of halogens is 4. The van der Waals surface area contributed by atoms with Gasteiger partial charge in [-0.2, -0.15) is 13.2 Å². The molecule has 3 N–H and O–H groups in total. The molecule has 1 unspecified atom stereocenters. The molecule has 1 heterocycles. The van der Waals surface area contributed by atoms with Crippen LogP contribution in [-0.2, 0) is 9.53 Å². The third-order valence-corrected chi connectivity index (χ3v) is 7.11. The lowest BCUT2D eigenvalue weighted by Gasteiger charge is -2.33. The predicted octanol–water partition coefficient (Wildman–Crippen LogP) is 8.71. The molecule has 1 aliphatic rings. The molecule has 0 spiro atoms. The maximum atomic E-state index is 13.8. The Bertz CT molecular complexity index is 1580. The molecule has 3 aromatic carbocycles. The van der Waals surface area contributed by atoms with Crippen molar-refractivity contribution in [1.29, 1.82) is 0 Å². The van der Waals surface area contributed by atoms with Crippen LogP contribution in [0, 0.1) is 11.7 Å². The highest BCUT2D eigenvalue weighted by Crippen LogP contribution is 2.31. The molecule has 48 heavy (non-hydrogen) atoms. The van der Waals surface area contributed by atoms with E-state index < -0.39 is 35.1 Å². The van der Waals surface area contributed by atoms with Crippen molar-refractivity contribution in [3.8, 4) is 11.1 Å². The highest BCUT2D eigenvalue weighted by Gasteiger charge is 2.37. The first-order valence-electron chi connectivity index (χ1n) is 15.0. The number of para-hydroxylation sites is 1. The zero-order chi connectivity index (χ0) is 35.9. The summed E-state index contributed by atoms with van der Waals surface area (Å²) in [6, 6.07) is 18.9. The van der Waals surface area contributed by atoms with E-state index in [4.69, 9.17) is 9.84 Å². The van der Waals surface area contributed by atoms with E-state index in [1.165, 1.54) is 18.2 Å². The molecule has 2 amide bonds. The average molecular weight is 668 g/mol. The van der Waals surface area contributed by atoms with Crippen LogP contribution in [0.2, 0.25) is 0 Å². The van der Waals surface area contributed by atoms with Crippen LogP contribution in [0.1, 0.15) is 37.0 Å². The largest absolute Gasteiger partial charge is 0.436 e. The second kappa shape index (κ2) is 18.9. The van der Waals surface area contributed by atoms with Crippen LogP contribution in [0.25, 0.3) is 11.1 Å². The molecule has 1 saturated heterocycles. The van der Waals surface area contributed by atoms with Gasteiger partial charge in [0.1, 0.15) is 5.82 Å². The number of nitrogens with zero attached hydrogens (tertiary/aromatic N) is 1. The van der Waals surface area contributed by atoms with Crippen molar-refractivity contribution < 1.29 is 37.0 Å². The van der Waals surface area contributed by atoms with Crippen molar-refractivity contribution in [3.63, 3.8) is 0 Å². The lowest BCUT2D eigenvalue weighted by Crippen LogP contribution is -2.35. The molecule has 0 radical (unpaired) electrons. The smallest absolute Gasteiger partial charge is 0.416 e. The zero-order valence-corrected chi connectivity index (χ0v) is 27.2. The summed E-state index contributed by atoms with van der Waals surface area (Å²) in [7, 11) is 1.00. The van der Waals surface area contributed by atoms with Crippen LogP contribution in [0.3, 0.4) is 0 Å². The SMILES string of the molecule is C=C(O/C(C(=O)Nc1ccc(-c2ccc(C(=O)Nc3ccccc3F)cc2)cc1)=C(\C)C(F)(F)F)N1CCCC(C)C1.C=CC=C.CO. The third-order valence-electron chi connectivity index (χ3n) is 7.11. The normalized spacial score (nSPS) is 14.4. The fourth-order valence-electron chi connectivity index (χ4n) is 4.53. The van der Waals surface area contributed by atoms with Crippen molar-refractivity contribution in [2.24, 2.45) is 5.92 Å². The third kappa shape index (κ3) is 11.6. The molecule has 7 nitrogen and oxygen atoms in total. The Balaban J connectivity index is 0.00000124. The standard InChI is InChI=1S/C32H31F4N3O3.C4H6.CH4O/c1-20-7-6-18-39(19-20)22(3)42-29(21(2)32(34,35)36)31(41)37-26-16-14-24(15-17-26)23-10-12-25(13-11-23)30(40)38-28-9-5-4-8-27(28)33;1-3-4-2;1-2/h4-5,8-17,20H,3,6-7,18-19H2,1-2H3,(H,37,41)(H,38,40);3-4H,1-2H2;2H,1H3/b29-21+;;. The number of nitrogens with one attached hydrogen (secondary N) is 2. The summed E-state index contributed by atoms with van der Waals surface area (Å²) in [5.41, 5.74) is 0.980. The Kier molecular flexibility index (Phi) is 15.3. The van der Waals surface area contributed by atoms with Gasteiger partial charge in [0.2, 0.25) is 5.76 Å². The summed E-state index contributed by atoms with van der Waals surface area (Å²) in [5.74, 6) is -2.60. The minimum Gasteiger partial charge on any atom is -0.436 e. The van der Waals surface area contributed by atoms with Crippen LogP contribution in [0.15, 0.2) is 122 Å². The molecule has 256 valence electrons. The number of alkyl halides is 3. The second-order valence-electron chi connectivity index (χ2n) is 10.7. The minimum atomic E-state index is -4.77. The van der Waals surface area contributed by atoms with E-state index in [1.807, 2.05) is 6.92 Å². The average Bonchev–Trinajstić information content (AvgIpc) is 3.08. The molecule has 0 saturated carbocycles. The molecule has 1 fully saturated rings. The van der Waals surface area contributed by atoms with Crippen LogP contribution in [0.5, 0.6) is 0 Å². The Morgan fingerprint density at radius 3 is 2.02 bits per heavy atom. The van der Waals surface area contributed by atoms with Gasteiger partial charge in [-0.3, -0.25) is 9.59 Å². The summed E-state index contributed by atoms with van der Waals surface area (Å²) in [6.45, 7) is 14.5. The summed E-state index contributed by atoms with van der Waals surface area (Å²) < 4.78 is 60.1. The predicted molar refractivity (Wildman–Crippen MR) is 182 cm³/mol. The number of anilines is 2. The van der Waals surface area contributed by atoms with Crippen LogP contribution < -0.4 is 10.6 Å². The Hall–Kier alpha value is -5.16. The number of amides is 2. The summed E-state index contributed by atoms with van der Waals surface area (Å²) in [4.78, 5) is 27.2. The molecule has 11 heteroatoms. The van der Waals surface area contributed by atoms with E-state index in [-0.39, 0.29) is 17.3 Å². The Labute approximate surface area is 278 Å². The lowest BCUT2D eigenvalue weighted by atomic mass is 10.0. The van der Waals surface area contributed by atoms with Gasteiger partial charge in [-0.25, -0.2) is 4.39 Å². The number of hydrogen-bond acceptors (Lipinski definition) is 5. The summed E-state index contributed by atoms with van der Waals surface area (Å²) in [5, 5.41) is 12.0. The van der Waals surface area contributed by atoms with Gasteiger partial charge in [0, 0.05) is 31.5 Å². The number of likely N-dealkylation sites (tertiary alicyclic amines) is 1. The number of ether oxygens (including phenoxy) is 1. The number of benzene rings is 3. The van der Waals surface area contributed by atoms with E-state index in [9.17, 15) is 27.2 Å². The van der Waals surface area contributed by atoms with Crippen molar-refractivity contribution in [2.75, 3.05) is 30.8 Å². The first kappa shape index (κ1) is 39.0. The van der Waals surface area contributed by atoms with Gasteiger partial charge in [0.25, 0.3) is 11.8 Å². The number of allylic oxidation sites excluding steroid dienone is 3. The molecule has 0 aliphatic carbocycles. The molecule has 1 aliphatic heterocycles. The number of carbonyl (C=O) groups excluding carboxylic acids is 2. The maximum Gasteiger partial charge on any atom is 0.416 e. The van der Waals surface area contributed by atoms with E-state index in [2.05, 4.69) is 30.4 Å². The zero-order valence-electron chi connectivity index (χ0n) is 27.2. The highest BCUT2D eigenvalue weighted by molar-refractivity contribution is 6.05. The Morgan fingerprint density at radius 1 is 0.938 bits per heavy atom. The molecule has 0 bridgehead atoms. The van der Waals surface area contributed by atoms with Crippen molar-refractivity contribution in [1.82, 2.24) is 4.90 Å². The van der Waals surface area contributed by atoms with Crippen LogP contribution in [0.4, 0.5) is 28.9 Å². The van der Waals surface area contributed by atoms with Crippen LogP contribution in [-0.4, -0.2) is 48.2 Å². The van der Waals surface area contributed by atoms with Crippen molar-refractivity contribution in [3.05, 3.63) is 133 Å². The van der Waals surface area contributed by atoms with E-state index in [1.54, 1.807) is 71.6 Å². The van der Waals surface area contributed by atoms with Gasteiger partial charge in [0.05, 0.1) is 11.3 Å². The molecule has 0 aromatic heterocycles. The monoisotopic (exact) mass is 667 g/mol. The van der Waals surface area contributed by atoms with E-state index in [0.717, 1.165) is 38.0 Å². The number of carbonyl (C=O) groups is 2. The maximum absolute atomic E-state index is 13.8. The number of aliphatic hydroxyl groups excluding tert-OH is 1. The first-order valence-corrected chi connectivity index (χ1v) is 15.0. The van der Waals surface area contributed by atoms with Gasteiger partial charge >= 0.3 is 6.18 Å². The van der Waals surface area contributed by atoms with Crippen molar-refractivity contribution in [2.45, 2.75) is 32.9 Å². The topological polar surface area (TPSA) is 90.9 Å². The van der Waals surface area contributed by atoms with Crippen molar-refractivity contribution >= 4 is 23.2 Å². The number of hydrogen-bond donors (Lipinski definition) is 3. The number of piperidine rings is 1. The quantitative estimate of drug-likeness (QED) is 0.0920. The molecule has 4 rings (SSSR count).